The number of likely N-dealkylation sites (N-methyl/N-ethyl adjacent to an activating group) is 1. The van der Waals surface area contributed by atoms with Crippen LogP contribution in [0.25, 0.3) is 11.3 Å². The number of carbonyl (C=O) groups is 3. The lowest BCUT2D eigenvalue weighted by molar-refractivity contribution is -0.862. The summed E-state index contributed by atoms with van der Waals surface area (Å²) < 4.78 is 35.8. The number of anilines is 1. The van der Waals surface area contributed by atoms with Gasteiger partial charge in [-0.2, -0.15) is 9.65 Å². The van der Waals surface area contributed by atoms with Crippen LogP contribution in [0.4, 0.5) is 14.5 Å². The van der Waals surface area contributed by atoms with Gasteiger partial charge in [-0.05, 0) is 43.2 Å². The van der Waals surface area contributed by atoms with Gasteiger partial charge in [0.05, 0.1) is 43.6 Å². The molecule has 226 valence electrons. The van der Waals surface area contributed by atoms with Crippen molar-refractivity contribution in [2.75, 3.05) is 39.6 Å². The van der Waals surface area contributed by atoms with Gasteiger partial charge in [-0.1, -0.05) is 11.6 Å². The molecule has 1 aliphatic rings. The molecule has 0 aliphatic heterocycles. The molecule has 1 heterocycles. The molecule has 0 bridgehead atoms. The fourth-order valence-electron chi connectivity index (χ4n) is 4.61. The van der Waals surface area contributed by atoms with Crippen molar-refractivity contribution in [1.82, 2.24) is 20.2 Å². The number of rotatable bonds is 10. The van der Waals surface area contributed by atoms with Crippen LogP contribution in [-0.2, 0) is 11.8 Å². The fraction of sp³-hybridized carbons (Fsp3) is 0.345. The van der Waals surface area contributed by atoms with Gasteiger partial charge in [0.25, 0.3) is 17.7 Å². The lowest BCUT2D eigenvalue weighted by Gasteiger charge is -2.36. The first kappa shape index (κ1) is 31.4. The molecule has 0 atom stereocenters. The molecule has 11 nitrogen and oxygen atoms in total. The normalized spacial score (nSPS) is 16.0. The Hall–Kier alpha value is -4.54. The highest BCUT2D eigenvalue weighted by Gasteiger charge is 2.33. The third kappa shape index (κ3) is 7.46. The summed E-state index contributed by atoms with van der Waals surface area (Å²) in [4.78, 5) is 41.9. The highest BCUT2D eigenvalue weighted by Crippen LogP contribution is 2.30. The first-order chi connectivity index (χ1) is 20.3. The number of amides is 3. The van der Waals surface area contributed by atoms with Crippen molar-refractivity contribution in [3.63, 3.8) is 0 Å². The van der Waals surface area contributed by atoms with Crippen molar-refractivity contribution < 1.29 is 32.4 Å². The molecule has 0 unspecified atom stereocenters. The minimum absolute atomic E-state index is 0.00219. The van der Waals surface area contributed by atoms with Gasteiger partial charge in [-0.25, -0.2) is 9.37 Å². The van der Waals surface area contributed by atoms with Crippen molar-refractivity contribution in [2.45, 2.75) is 24.9 Å². The number of carbonyl (C=O) groups excluding carboxylic acids is 3. The van der Waals surface area contributed by atoms with Crippen LogP contribution in [0, 0.1) is 23.0 Å². The van der Waals surface area contributed by atoms with Crippen molar-refractivity contribution in [2.24, 2.45) is 7.05 Å². The van der Waals surface area contributed by atoms with Crippen LogP contribution in [0.15, 0.2) is 36.5 Å². The molecule has 3 N–H and O–H groups in total. The second-order valence-corrected chi connectivity index (χ2v) is 11.6. The number of hydrogen-bond acceptors (Lipinski definition) is 6. The molecule has 4 rings (SSSR count). The van der Waals surface area contributed by atoms with Crippen LogP contribution in [-0.4, -0.2) is 78.1 Å². The van der Waals surface area contributed by atoms with Crippen LogP contribution < -0.4 is 20.7 Å². The van der Waals surface area contributed by atoms with Gasteiger partial charge in [0.1, 0.15) is 6.07 Å². The molecule has 1 aromatic heterocycles. The third-order valence-corrected chi connectivity index (χ3v) is 7.05. The average Bonchev–Trinajstić information content (AvgIpc) is 3.28. The Bertz CT molecular complexity index is 1610. The number of aromatic nitrogens is 2. The Morgan fingerprint density at radius 2 is 1.79 bits per heavy atom. The van der Waals surface area contributed by atoms with E-state index in [2.05, 4.69) is 20.9 Å². The zero-order chi connectivity index (χ0) is 31.5. The van der Waals surface area contributed by atoms with Gasteiger partial charge in [-0.15, -0.1) is 0 Å². The molecule has 3 aromatic rings. The number of nitrogens with one attached hydrogen (secondary N) is 3. The lowest BCUT2D eigenvalue weighted by atomic mass is 9.86. The van der Waals surface area contributed by atoms with E-state index in [9.17, 15) is 23.2 Å². The SMILES string of the molecule is Cn1c(-c2ccc(OCC#N)c(F)c2F)cnc1C(=O)Nc1ccc(C(=O)NC2CC(NC(=O)C[N+](C)(C)C)C2)c(Cl)c1. The Labute approximate surface area is 252 Å². The Morgan fingerprint density at radius 3 is 2.44 bits per heavy atom. The van der Waals surface area contributed by atoms with Crippen LogP contribution in [0.2, 0.25) is 5.02 Å². The minimum atomic E-state index is -1.27. The number of ether oxygens (including phenoxy) is 1. The largest absolute Gasteiger partial charge is 0.476 e. The van der Waals surface area contributed by atoms with Crippen LogP contribution in [0.3, 0.4) is 0 Å². The van der Waals surface area contributed by atoms with E-state index in [1.54, 1.807) is 6.07 Å². The predicted octanol–water partition coefficient (Wildman–Crippen LogP) is 3.26. The van der Waals surface area contributed by atoms with Crippen molar-refractivity contribution in [3.05, 3.63) is 64.6 Å². The molecule has 1 aliphatic carbocycles. The molecule has 3 amide bonds. The van der Waals surface area contributed by atoms with Gasteiger partial charge >= 0.3 is 0 Å². The maximum atomic E-state index is 14.7. The fourth-order valence-corrected chi connectivity index (χ4v) is 4.87. The lowest BCUT2D eigenvalue weighted by Crippen LogP contribution is -2.56. The third-order valence-electron chi connectivity index (χ3n) is 6.73. The summed E-state index contributed by atoms with van der Waals surface area (Å²) in [6, 6.07) is 8.43. The first-order valence-electron chi connectivity index (χ1n) is 13.3. The van der Waals surface area contributed by atoms with Crippen LogP contribution in [0.5, 0.6) is 5.75 Å². The van der Waals surface area contributed by atoms with E-state index in [1.807, 2.05) is 21.1 Å². The van der Waals surface area contributed by atoms with E-state index in [0.717, 1.165) is 0 Å². The number of quaternary nitrogens is 1. The number of halogens is 3. The maximum Gasteiger partial charge on any atom is 0.291 e. The topological polar surface area (TPSA) is 138 Å². The summed E-state index contributed by atoms with van der Waals surface area (Å²) in [6.45, 7) is -0.0821. The second-order valence-electron chi connectivity index (χ2n) is 11.2. The average molecular weight is 615 g/mol. The Balaban J connectivity index is 1.36. The van der Waals surface area contributed by atoms with Gasteiger partial charge in [0, 0.05) is 30.4 Å². The highest BCUT2D eigenvalue weighted by molar-refractivity contribution is 6.34. The molecule has 0 spiro atoms. The number of imidazole rings is 1. The van der Waals surface area contributed by atoms with Crippen molar-refractivity contribution >= 4 is 35.0 Å². The molecule has 43 heavy (non-hydrogen) atoms. The summed E-state index contributed by atoms with van der Waals surface area (Å²) in [5.41, 5.74) is 0.482. The van der Waals surface area contributed by atoms with Crippen molar-refractivity contribution in [1.29, 1.82) is 5.26 Å². The van der Waals surface area contributed by atoms with E-state index in [-0.39, 0.29) is 57.3 Å². The van der Waals surface area contributed by atoms with Gasteiger partial charge in [-0.3, -0.25) is 14.4 Å². The Kier molecular flexibility index (Phi) is 9.32. The summed E-state index contributed by atoms with van der Waals surface area (Å²) >= 11 is 6.35. The monoisotopic (exact) mass is 614 g/mol. The van der Waals surface area contributed by atoms with E-state index in [0.29, 0.717) is 23.9 Å². The molecular formula is C29H31ClF2N7O4+. The summed E-state index contributed by atoms with van der Waals surface area (Å²) in [5, 5.41) is 17.2. The number of nitrogens with zero attached hydrogens (tertiary/aromatic N) is 4. The van der Waals surface area contributed by atoms with Gasteiger partial charge in [0.2, 0.25) is 5.82 Å². The number of benzene rings is 2. The maximum absolute atomic E-state index is 14.7. The second kappa shape index (κ2) is 12.8. The molecule has 2 aromatic carbocycles. The zero-order valence-corrected chi connectivity index (χ0v) is 24.8. The van der Waals surface area contributed by atoms with E-state index < -0.39 is 29.9 Å². The van der Waals surface area contributed by atoms with Gasteiger partial charge < -0.3 is 29.7 Å². The zero-order valence-electron chi connectivity index (χ0n) is 24.0. The quantitative estimate of drug-likeness (QED) is 0.300. The smallest absolute Gasteiger partial charge is 0.291 e. The number of nitriles is 1. The Morgan fingerprint density at radius 1 is 1.09 bits per heavy atom. The van der Waals surface area contributed by atoms with Crippen molar-refractivity contribution in [3.8, 4) is 23.1 Å². The standard InChI is InChI=1S/C29H30ClF2N7O4/c1-38-22(20-7-8-23(43-10-9-33)26(32)25(20)31)14-34-27(38)29(42)36-16-5-6-19(21(30)13-16)28(41)37-18-11-17(12-18)35-24(40)15-39(2,3)4/h5-8,13-14,17-18H,10-12,15H2,1-4H3,(H2-,35,36,37,40,41,42)/p+1. The van der Waals surface area contributed by atoms with Crippen LogP contribution >= 0.6 is 11.6 Å². The molecule has 0 radical (unpaired) electrons. The van der Waals surface area contributed by atoms with E-state index in [4.69, 9.17) is 21.6 Å². The predicted molar refractivity (Wildman–Crippen MR) is 154 cm³/mol. The first-order valence-corrected chi connectivity index (χ1v) is 13.7. The molecular weight excluding hydrogens is 584 g/mol. The highest BCUT2D eigenvalue weighted by atomic mass is 35.5. The molecule has 0 saturated heterocycles. The summed E-state index contributed by atoms with van der Waals surface area (Å²) in [7, 11) is 7.27. The molecule has 1 saturated carbocycles. The minimum Gasteiger partial charge on any atom is -0.476 e. The number of hydrogen-bond donors (Lipinski definition) is 3. The molecule has 14 heteroatoms. The van der Waals surface area contributed by atoms with Crippen LogP contribution in [0.1, 0.15) is 33.8 Å². The summed E-state index contributed by atoms with van der Waals surface area (Å²) in [5.74, 6) is -4.05. The molecule has 1 fully saturated rings. The van der Waals surface area contributed by atoms with Gasteiger partial charge in [0.15, 0.2) is 30.5 Å². The summed E-state index contributed by atoms with van der Waals surface area (Å²) in [6.07, 6.45) is 2.45. The van der Waals surface area contributed by atoms with E-state index in [1.165, 1.54) is 48.1 Å². The van der Waals surface area contributed by atoms with E-state index >= 15 is 0 Å².